The van der Waals surface area contributed by atoms with Crippen LogP contribution >= 0.6 is 11.3 Å². The van der Waals surface area contributed by atoms with Gasteiger partial charge < -0.3 is 4.98 Å². The average molecular weight is 506 g/mol. The number of rotatable bonds is 5. The second-order valence-corrected chi connectivity index (χ2v) is 11.1. The first-order valence-electron chi connectivity index (χ1n) is 12.8. The SMILES string of the molecule is Cc1ccc(-c2ccnc3[nH]c(-c4n[nH]c5cnc(-c6cncc(CN7CCCCC7)c6)cc45)cc23)s1. The molecule has 0 aliphatic carbocycles. The van der Waals surface area contributed by atoms with E-state index in [1.54, 1.807) is 11.3 Å². The van der Waals surface area contributed by atoms with Crippen molar-refractivity contribution >= 4 is 33.3 Å². The Morgan fingerprint density at radius 2 is 1.86 bits per heavy atom. The lowest BCUT2D eigenvalue weighted by Crippen LogP contribution is -2.29. The number of likely N-dealkylation sites (tertiary alicyclic amines) is 1. The first-order valence-corrected chi connectivity index (χ1v) is 13.6. The van der Waals surface area contributed by atoms with Crippen LogP contribution in [0.3, 0.4) is 0 Å². The van der Waals surface area contributed by atoms with Gasteiger partial charge in [0, 0.05) is 56.8 Å². The summed E-state index contributed by atoms with van der Waals surface area (Å²) < 4.78 is 0. The molecule has 7 nitrogen and oxygen atoms in total. The molecular weight excluding hydrogens is 478 g/mol. The average Bonchev–Trinajstić information content (AvgIpc) is 3.66. The molecule has 6 aromatic heterocycles. The molecule has 1 aliphatic heterocycles. The molecule has 7 heterocycles. The molecule has 0 amide bonds. The molecular formula is C29H27N7S. The number of fused-ring (bicyclic) bond motifs is 2. The third kappa shape index (κ3) is 4.22. The van der Waals surface area contributed by atoms with Crippen molar-refractivity contribution in [3.8, 4) is 33.1 Å². The number of pyridine rings is 3. The van der Waals surface area contributed by atoms with Crippen LogP contribution in [0.2, 0.25) is 0 Å². The van der Waals surface area contributed by atoms with Crippen molar-refractivity contribution < 1.29 is 0 Å². The first-order chi connectivity index (χ1) is 18.2. The fourth-order valence-corrected chi connectivity index (χ4v) is 6.23. The van der Waals surface area contributed by atoms with Gasteiger partial charge in [-0.25, -0.2) is 4.98 Å². The molecule has 8 heteroatoms. The molecule has 0 radical (unpaired) electrons. The Labute approximate surface area is 218 Å². The molecule has 0 spiro atoms. The van der Waals surface area contributed by atoms with Crippen LogP contribution in [-0.2, 0) is 6.54 Å². The van der Waals surface area contributed by atoms with Gasteiger partial charge in [-0.05, 0) is 74.8 Å². The second kappa shape index (κ2) is 9.21. The third-order valence-corrected chi connectivity index (χ3v) is 8.22. The van der Waals surface area contributed by atoms with Crippen LogP contribution in [0.15, 0.2) is 61.2 Å². The van der Waals surface area contributed by atoms with E-state index in [1.807, 2.05) is 24.8 Å². The van der Waals surface area contributed by atoms with E-state index in [9.17, 15) is 0 Å². The van der Waals surface area contributed by atoms with Crippen molar-refractivity contribution in [2.24, 2.45) is 0 Å². The number of piperidine rings is 1. The largest absolute Gasteiger partial charge is 0.338 e. The number of aromatic nitrogens is 6. The van der Waals surface area contributed by atoms with Gasteiger partial charge in [-0.2, -0.15) is 5.10 Å². The van der Waals surface area contributed by atoms with E-state index in [-0.39, 0.29) is 0 Å². The van der Waals surface area contributed by atoms with Gasteiger partial charge in [-0.3, -0.25) is 20.0 Å². The minimum atomic E-state index is 0.860. The number of aryl methyl sites for hydroxylation is 1. The van der Waals surface area contributed by atoms with E-state index in [1.165, 1.54) is 53.2 Å². The Morgan fingerprint density at radius 1 is 0.946 bits per heavy atom. The summed E-state index contributed by atoms with van der Waals surface area (Å²) in [5.74, 6) is 0. The molecule has 37 heavy (non-hydrogen) atoms. The summed E-state index contributed by atoms with van der Waals surface area (Å²) >= 11 is 1.80. The lowest BCUT2D eigenvalue weighted by Gasteiger charge is -2.26. The van der Waals surface area contributed by atoms with Crippen LogP contribution in [0, 0.1) is 6.92 Å². The molecule has 2 N–H and O–H groups in total. The van der Waals surface area contributed by atoms with Gasteiger partial charge in [0.05, 0.1) is 23.1 Å². The normalized spacial score (nSPS) is 14.6. The predicted octanol–water partition coefficient (Wildman–Crippen LogP) is 6.59. The zero-order valence-electron chi connectivity index (χ0n) is 20.7. The number of hydrogen-bond donors (Lipinski definition) is 2. The van der Waals surface area contributed by atoms with Gasteiger partial charge in [-0.1, -0.05) is 6.42 Å². The summed E-state index contributed by atoms with van der Waals surface area (Å²) in [4.78, 5) is 22.4. The van der Waals surface area contributed by atoms with Gasteiger partial charge in [0.15, 0.2) is 0 Å². The summed E-state index contributed by atoms with van der Waals surface area (Å²) in [6, 6.07) is 12.9. The van der Waals surface area contributed by atoms with Crippen molar-refractivity contribution in [3.63, 3.8) is 0 Å². The third-order valence-electron chi connectivity index (χ3n) is 7.19. The van der Waals surface area contributed by atoms with Gasteiger partial charge in [0.25, 0.3) is 0 Å². The fourth-order valence-electron chi connectivity index (χ4n) is 5.32. The van der Waals surface area contributed by atoms with Crippen LogP contribution in [-0.4, -0.2) is 48.1 Å². The van der Waals surface area contributed by atoms with Gasteiger partial charge >= 0.3 is 0 Å². The maximum Gasteiger partial charge on any atom is 0.138 e. The van der Waals surface area contributed by atoms with E-state index >= 15 is 0 Å². The standard InChI is InChI=1S/C29H27N7S/c1-18-5-6-27(37-18)21-7-8-31-29-22(21)12-25(33-29)28-23-13-24(32-16-26(23)34-35-28)20-11-19(14-30-15-20)17-36-9-3-2-4-10-36/h5-8,11-16H,2-4,9-10,17H2,1H3,(H,31,33)(H,34,35). The molecule has 0 aromatic carbocycles. The highest BCUT2D eigenvalue weighted by molar-refractivity contribution is 7.15. The molecule has 0 atom stereocenters. The molecule has 7 rings (SSSR count). The van der Waals surface area contributed by atoms with Crippen LogP contribution < -0.4 is 0 Å². The van der Waals surface area contributed by atoms with Crippen molar-refractivity contribution in [1.29, 1.82) is 0 Å². The van der Waals surface area contributed by atoms with Crippen molar-refractivity contribution in [1.82, 2.24) is 35.0 Å². The molecule has 0 saturated carbocycles. The van der Waals surface area contributed by atoms with E-state index < -0.39 is 0 Å². The first kappa shape index (κ1) is 22.3. The molecule has 184 valence electrons. The highest BCUT2D eigenvalue weighted by Crippen LogP contribution is 2.36. The quantitative estimate of drug-likeness (QED) is 0.276. The second-order valence-electron chi connectivity index (χ2n) is 9.82. The molecule has 1 aliphatic rings. The number of thiophene rings is 1. The van der Waals surface area contributed by atoms with Crippen molar-refractivity contribution in [2.75, 3.05) is 13.1 Å². The summed E-state index contributed by atoms with van der Waals surface area (Å²) in [6.07, 6.45) is 11.5. The zero-order valence-corrected chi connectivity index (χ0v) is 21.5. The van der Waals surface area contributed by atoms with Crippen LogP contribution in [0.1, 0.15) is 29.7 Å². The smallest absolute Gasteiger partial charge is 0.138 e. The number of aromatic amines is 2. The van der Waals surface area contributed by atoms with E-state index in [2.05, 4.69) is 73.4 Å². The Balaban J connectivity index is 1.26. The van der Waals surface area contributed by atoms with E-state index in [0.717, 1.165) is 51.1 Å². The molecule has 0 bridgehead atoms. The fraction of sp³-hybridized carbons (Fsp3) is 0.241. The monoisotopic (exact) mass is 505 g/mol. The lowest BCUT2D eigenvalue weighted by molar-refractivity contribution is 0.220. The number of H-pyrrole nitrogens is 2. The Bertz CT molecular complexity index is 1720. The van der Waals surface area contributed by atoms with Crippen LogP contribution in [0.5, 0.6) is 0 Å². The number of nitrogens with zero attached hydrogens (tertiary/aromatic N) is 5. The Morgan fingerprint density at radius 3 is 2.73 bits per heavy atom. The minimum absolute atomic E-state index is 0.860. The summed E-state index contributed by atoms with van der Waals surface area (Å²) in [5, 5.41) is 9.92. The predicted molar refractivity (Wildman–Crippen MR) is 149 cm³/mol. The molecule has 6 aromatic rings. The summed E-state index contributed by atoms with van der Waals surface area (Å²) in [7, 11) is 0. The van der Waals surface area contributed by atoms with Crippen molar-refractivity contribution in [2.45, 2.75) is 32.7 Å². The summed E-state index contributed by atoms with van der Waals surface area (Å²) in [6.45, 7) is 5.41. The minimum Gasteiger partial charge on any atom is -0.338 e. The molecule has 0 unspecified atom stereocenters. The maximum atomic E-state index is 4.72. The highest BCUT2D eigenvalue weighted by Gasteiger charge is 2.16. The number of hydrogen-bond acceptors (Lipinski definition) is 6. The van der Waals surface area contributed by atoms with Gasteiger partial charge in [-0.15, -0.1) is 11.3 Å². The van der Waals surface area contributed by atoms with E-state index in [0.29, 0.717) is 0 Å². The van der Waals surface area contributed by atoms with Crippen LogP contribution in [0.4, 0.5) is 0 Å². The number of nitrogens with one attached hydrogen (secondary N) is 2. The van der Waals surface area contributed by atoms with Gasteiger partial charge in [0.1, 0.15) is 11.3 Å². The Kier molecular flexibility index (Phi) is 5.56. The lowest BCUT2D eigenvalue weighted by atomic mass is 10.1. The summed E-state index contributed by atoms with van der Waals surface area (Å²) in [5.41, 5.74) is 7.89. The van der Waals surface area contributed by atoms with Crippen LogP contribution in [0.25, 0.3) is 55.0 Å². The van der Waals surface area contributed by atoms with E-state index in [4.69, 9.17) is 4.98 Å². The topological polar surface area (TPSA) is 86.4 Å². The molecule has 1 saturated heterocycles. The maximum absolute atomic E-state index is 4.72. The zero-order chi connectivity index (χ0) is 24.8. The highest BCUT2D eigenvalue weighted by atomic mass is 32.1. The van der Waals surface area contributed by atoms with Crippen molar-refractivity contribution in [3.05, 3.63) is 71.6 Å². The molecule has 1 fully saturated rings. The Hall–Kier alpha value is -3.88. The van der Waals surface area contributed by atoms with Gasteiger partial charge in [0.2, 0.25) is 0 Å².